The van der Waals surface area contributed by atoms with Gasteiger partial charge >= 0.3 is 0 Å². The molecule has 0 aliphatic carbocycles. The molecule has 0 spiro atoms. The highest BCUT2D eigenvalue weighted by atomic mass is 19.1. The third-order valence-corrected chi connectivity index (χ3v) is 1.98. The van der Waals surface area contributed by atoms with Crippen molar-refractivity contribution >= 4 is 0 Å². The number of benzene rings is 1. The van der Waals surface area contributed by atoms with Crippen LogP contribution in [0.15, 0.2) is 28.8 Å². The second-order valence-electron chi connectivity index (χ2n) is 3.05. The number of hydrogen-bond donors (Lipinski definition) is 0. The molecule has 0 saturated carbocycles. The van der Waals surface area contributed by atoms with Crippen LogP contribution in [0.2, 0.25) is 0 Å². The van der Waals surface area contributed by atoms with Crippen molar-refractivity contribution < 1.29 is 8.81 Å². The molecule has 3 nitrogen and oxygen atoms in total. The summed E-state index contributed by atoms with van der Waals surface area (Å²) in [5.74, 6) is 0.369. The number of hydrogen-bond acceptors (Lipinski definition) is 3. The van der Waals surface area contributed by atoms with E-state index in [0.29, 0.717) is 17.2 Å². The summed E-state index contributed by atoms with van der Waals surface area (Å²) >= 11 is 0. The van der Waals surface area contributed by atoms with Gasteiger partial charge in [-0.3, -0.25) is 0 Å². The smallest absolute Gasteiger partial charge is 0.191 e. The molecule has 2 rings (SSSR count). The molecule has 2 aromatic rings. The standard InChI is InChI=1S/C11H7FN2O/c1-7-14-6-11(15-7)9-3-2-8(5-13)4-10(9)12/h2-4,6H,1H3. The molecule has 0 atom stereocenters. The Morgan fingerprint density at radius 3 is 2.80 bits per heavy atom. The van der Waals surface area contributed by atoms with E-state index in [1.54, 1.807) is 6.92 Å². The number of rotatable bonds is 1. The zero-order valence-electron chi connectivity index (χ0n) is 7.99. The predicted octanol–water partition coefficient (Wildman–Crippen LogP) is 2.66. The van der Waals surface area contributed by atoms with Crippen LogP contribution in [0.5, 0.6) is 0 Å². The molecule has 0 fully saturated rings. The normalized spacial score (nSPS) is 9.93. The van der Waals surface area contributed by atoms with Gasteiger partial charge in [-0.15, -0.1) is 0 Å². The minimum absolute atomic E-state index is 0.285. The molecular formula is C11H7FN2O. The van der Waals surface area contributed by atoms with Crippen molar-refractivity contribution in [3.05, 3.63) is 41.7 Å². The summed E-state index contributed by atoms with van der Waals surface area (Å²) in [7, 11) is 0. The van der Waals surface area contributed by atoms with Crippen LogP contribution >= 0.6 is 0 Å². The first-order valence-electron chi connectivity index (χ1n) is 4.33. The summed E-state index contributed by atoms with van der Waals surface area (Å²) in [6.45, 7) is 1.69. The highest BCUT2D eigenvalue weighted by molar-refractivity contribution is 5.58. The van der Waals surface area contributed by atoms with E-state index >= 15 is 0 Å². The Bertz CT molecular complexity index is 540. The van der Waals surface area contributed by atoms with Gasteiger partial charge in [-0.25, -0.2) is 9.37 Å². The molecule has 0 N–H and O–H groups in total. The lowest BCUT2D eigenvalue weighted by atomic mass is 10.1. The van der Waals surface area contributed by atoms with Crippen molar-refractivity contribution in [2.75, 3.05) is 0 Å². The van der Waals surface area contributed by atoms with Crippen molar-refractivity contribution in [1.82, 2.24) is 4.98 Å². The summed E-state index contributed by atoms with van der Waals surface area (Å²) in [6, 6.07) is 6.08. The minimum Gasteiger partial charge on any atom is -0.441 e. The number of aromatic nitrogens is 1. The summed E-state index contributed by atoms with van der Waals surface area (Å²) < 4.78 is 18.7. The lowest BCUT2D eigenvalue weighted by molar-refractivity contribution is 0.528. The number of nitrogens with zero attached hydrogens (tertiary/aromatic N) is 2. The predicted molar refractivity (Wildman–Crippen MR) is 51.3 cm³/mol. The maximum atomic E-state index is 13.5. The summed E-state index contributed by atoms with van der Waals surface area (Å²) in [5, 5.41) is 8.58. The molecule has 1 heterocycles. The van der Waals surface area contributed by atoms with Gasteiger partial charge in [0.15, 0.2) is 11.7 Å². The topological polar surface area (TPSA) is 49.8 Å². The van der Waals surface area contributed by atoms with Crippen molar-refractivity contribution in [2.45, 2.75) is 6.92 Å². The van der Waals surface area contributed by atoms with Gasteiger partial charge in [-0.2, -0.15) is 5.26 Å². The Hall–Kier alpha value is -2.15. The molecule has 0 bridgehead atoms. The van der Waals surface area contributed by atoms with Crippen LogP contribution in [0.3, 0.4) is 0 Å². The monoisotopic (exact) mass is 202 g/mol. The van der Waals surface area contributed by atoms with Crippen molar-refractivity contribution in [2.24, 2.45) is 0 Å². The van der Waals surface area contributed by atoms with Crippen LogP contribution < -0.4 is 0 Å². The third-order valence-electron chi connectivity index (χ3n) is 1.98. The van der Waals surface area contributed by atoms with Crippen LogP contribution in [-0.4, -0.2) is 4.98 Å². The van der Waals surface area contributed by atoms with Crippen LogP contribution in [0.4, 0.5) is 4.39 Å². The molecule has 1 aromatic heterocycles. The van der Waals surface area contributed by atoms with Crippen molar-refractivity contribution in [3.63, 3.8) is 0 Å². The van der Waals surface area contributed by atoms with E-state index in [-0.39, 0.29) is 5.56 Å². The highest BCUT2D eigenvalue weighted by Gasteiger charge is 2.09. The van der Waals surface area contributed by atoms with Crippen LogP contribution in [0, 0.1) is 24.1 Å². The van der Waals surface area contributed by atoms with Crippen molar-refractivity contribution in [3.8, 4) is 17.4 Å². The molecule has 4 heteroatoms. The highest BCUT2D eigenvalue weighted by Crippen LogP contribution is 2.23. The van der Waals surface area contributed by atoms with Gasteiger partial charge in [0, 0.05) is 6.92 Å². The number of halogens is 1. The van der Waals surface area contributed by atoms with Crippen LogP contribution in [0.25, 0.3) is 11.3 Å². The lowest BCUT2D eigenvalue weighted by Gasteiger charge is -1.98. The molecule has 0 amide bonds. The fraction of sp³-hybridized carbons (Fsp3) is 0.0909. The summed E-state index contributed by atoms with van der Waals surface area (Å²) in [6.07, 6.45) is 1.46. The van der Waals surface area contributed by atoms with Crippen LogP contribution in [0.1, 0.15) is 11.5 Å². The van der Waals surface area contributed by atoms with E-state index in [9.17, 15) is 4.39 Å². The zero-order valence-corrected chi connectivity index (χ0v) is 7.99. The molecular weight excluding hydrogens is 195 g/mol. The zero-order chi connectivity index (χ0) is 10.8. The second kappa shape index (κ2) is 3.54. The molecule has 15 heavy (non-hydrogen) atoms. The first-order chi connectivity index (χ1) is 7.20. The largest absolute Gasteiger partial charge is 0.441 e. The quantitative estimate of drug-likeness (QED) is 0.714. The first kappa shape index (κ1) is 9.41. The molecule has 74 valence electrons. The Morgan fingerprint density at radius 1 is 1.47 bits per heavy atom. The Kier molecular flexibility index (Phi) is 2.22. The molecule has 0 aliphatic heterocycles. The number of oxazole rings is 1. The van der Waals surface area contributed by atoms with E-state index in [0.717, 1.165) is 0 Å². The first-order valence-corrected chi connectivity index (χ1v) is 4.33. The Morgan fingerprint density at radius 2 is 2.27 bits per heavy atom. The molecule has 0 radical (unpaired) electrons. The average Bonchev–Trinajstić information content (AvgIpc) is 2.64. The molecule has 0 saturated heterocycles. The maximum Gasteiger partial charge on any atom is 0.191 e. The van der Waals surface area contributed by atoms with E-state index in [1.807, 2.05) is 6.07 Å². The maximum absolute atomic E-state index is 13.5. The fourth-order valence-corrected chi connectivity index (χ4v) is 1.27. The van der Waals surface area contributed by atoms with Gasteiger partial charge < -0.3 is 4.42 Å². The van der Waals surface area contributed by atoms with Gasteiger partial charge in [-0.1, -0.05) is 0 Å². The van der Waals surface area contributed by atoms with Crippen molar-refractivity contribution in [1.29, 1.82) is 5.26 Å². The third kappa shape index (κ3) is 1.72. The minimum atomic E-state index is -0.481. The molecule has 1 aromatic carbocycles. The summed E-state index contributed by atoms with van der Waals surface area (Å²) in [4.78, 5) is 3.88. The number of nitriles is 1. The van der Waals surface area contributed by atoms with Gasteiger partial charge in [-0.05, 0) is 18.2 Å². The van der Waals surface area contributed by atoms with Gasteiger partial charge in [0.05, 0.1) is 23.4 Å². The van der Waals surface area contributed by atoms with Gasteiger partial charge in [0.25, 0.3) is 0 Å². The lowest BCUT2D eigenvalue weighted by Crippen LogP contribution is -1.84. The molecule has 0 aliphatic rings. The van der Waals surface area contributed by atoms with Gasteiger partial charge in [0.1, 0.15) is 5.82 Å². The van der Waals surface area contributed by atoms with Crippen LogP contribution in [-0.2, 0) is 0 Å². The fourth-order valence-electron chi connectivity index (χ4n) is 1.27. The average molecular weight is 202 g/mol. The van der Waals surface area contributed by atoms with E-state index < -0.39 is 5.82 Å². The second-order valence-corrected chi connectivity index (χ2v) is 3.05. The summed E-state index contributed by atoms with van der Waals surface area (Å²) in [5.41, 5.74) is 0.599. The van der Waals surface area contributed by atoms with E-state index in [1.165, 1.54) is 24.4 Å². The van der Waals surface area contributed by atoms with Gasteiger partial charge in [0.2, 0.25) is 0 Å². The number of aryl methyl sites for hydroxylation is 1. The van der Waals surface area contributed by atoms with E-state index in [4.69, 9.17) is 9.68 Å². The SMILES string of the molecule is Cc1ncc(-c2ccc(C#N)cc2F)o1. The van der Waals surface area contributed by atoms with E-state index in [2.05, 4.69) is 4.98 Å². The Balaban J connectivity index is 2.51. The molecule has 0 unspecified atom stereocenters. The Labute approximate surface area is 85.8 Å².